The van der Waals surface area contributed by atoms with Crippen LogP contribution < -0.4 is 0 Å². The number of nitrogens with zero attached hydrogens (tertiary/aromatic N) is 2. The predicted molar refractivity (Wildman–Crippen MR) is 77.6 cm³/mol. The van der Waals surface area contributed by atoms with Crippen LogP contribution in [0.3, 0.4) is 0 Å². The van der Waals surface area contributed by atoms with Crippen molar-refractivity contribution >= 4 is 17.9 Å². The summed E-state index contributed by atoms with van der Waals surface area (Å²) in [6.07, 6.45) is 0.192. The monoisotopic (exact) mass is 292 g/mol. The molecule has 2 rings (SSSR count). The van der Waals surface area contributed by atoms with Gasteiger partial charge in [-0.3, -0.25) is 14.5 Å². The number of carbonyl (C=O) groups excluding carboxylic acids is 2. The molecule has 0 radical (unpaired) electrons. The molecule has 0 bridgehead atoms. The molecule has 1 N–H and O–H groups in total. The molecule has 6 heteroatoms. The van der Waals surface area contributed by atoms with E-state index >= 15 is 0 Å². The number of rotatable bonds is 3. The molecule has 114 valence electrons. The number of benzene rings is 1. The highest BCUT2D eigenvalue weighted by Crippen LogP contribution is 2.13. The van der Waals surface area contributed by atoms with E-state index in [4.69, 9.17) is 5.11 Å². The number of urea groups is 1. The molecular formula is C15H20N2O4. The standard InChI is InChI=1S/C9H14N2O4.C6H6/c1-6(2)11-7(12)3-4-10(9(11)15)5-8(13)14;1-2-4-6-5-3-1/h6H,3-5H2,1-2H3,(H,13,14);1-6H. The largest absolute Gasteiger partial charge is 0.480 e. The summed E-state index contributed by atoms with van der Waals surface area (Å²) in [6.45, 7) is 3.28. The van der Waals surface area contributed by atoms with E-state index in [0.717, 1.165) is 4.90 Å². The van der Waals surface area contributed by atoms with Gasteiger partial charge in [0.15, 0.2) is 0 Å². The van der Waals surface area contributed by atoms with Crippen LogP contribution >= 0.6 is 0 Å². The summed E-state index contributed by atoms with van der Waals surface area (Å²) in [5.74, 6) is -1.31. The second-order valence-corrected chi connectivity index (χ2v) is 4.86. The first-order valence-corrected chi connectivity index (χ1v) is 6.76. The number of imide groups is 1. The molecule has 1 aromatic rings. The highest BCUT2D eigenvalue weighted by Gasteiger charge is 2.34. The number of amides is 3. The molecule has 0 spiro atoms. The van der Waals surface area contributed by atoms with Gasteiger partial charge in [-0.2, -0.15) is 0 Å². The van der Waals surface area contributed by atoms with Crippen molar-refractivity contribution in [2.24, 2.45) is 0 Å². The van der Waals surface area contributed by atoms with Crippen molar-refractivity contribution in [2.45, 2.75) is 26.3 Å². The maximum Gasteiger partial charge on any atom is 0.327 e. The maximum absolute atomic E-state index is 11.7. The maximum atomic E-state index is 11.7. The fourth-order valence-corrected chi connectivity index (χ4v) is 1.91. The summed E-state index contributed by atoms with van der Waals surface area (Å²) in [6, 6.07) is 11.3. The van der Waals surface area contributed by atoms with Gasteiger partial charge in [0.25, 0.3) is 0 Å². The zero-order chi connectivity index (χ0) is 15.8. The quantitative estimate of drug-likeness (QED) is 0.921. The number of carboxylic acids is 1. The van der Waals surface area contributed by atoms with Crippen LogP contribution in [0.2, 0.25) is 0 Å². The second kappa shape index (κ2) is 8.04. The van der Waals surface area contributed by atoms with Gasteiger partial charge in [-0.1, -0.05) is 36.4 Å². The van der Waals surface area contributed by atoms with Crippen molar-refractivity contribution in [3.8, 4) is 0 Å². The minimum atomic E-state index is -1.07. The van der Waals surface area contributed by atoms with E-state index in [1.165, 1.54) is 4.90 Å². The lowest BCUT2D eigenvalue weighted by atomic mass is 10.2. The minimum absolute atomic E-state index is 0.188. The third-order valence-corrected chi connectivity index (χ3v) is 2.85. The van der Waals surface area contributed by atoms with Gasteiger partial charge in [-0.25, -0.2) is 4.79 Å². The van der Waals surface area contributed by atoms with Crippen LogP contribution in [0.4, 0.5) is 4.79 Å². The topological polar surface area (TPSA) is 77.9 Å². The fourth-order valence-electron chi connectivity index (χ4n) is 1.91. The van der Waals surface area contributed by atoms with E-state index in [2.05, 4.69) is 0 Å². The van der Waals surface area contributed by atoms with E-state index in [0.29, 0.717) is 0 Å². The number of hydrogen-bond donors (Lipinski definition) is 1. The lowest BCUT2D eigenvalue weighted by molar-refractivity contribution is -0.140. The lowest BCUT2D eigenvalue weighted by Gasteiger charge is -2.35. The first kappa shape index (κ1) is 16.7. The first-order valence-electron chi connectivity index (χ1n) is 6.76. The highest BCUT2D eigenvalue weighted by atomic mass is 16.4. The average molecular weight is 292 g/mol. The fraction of sp³-hybridized carbons (Fsp3) is 0.400. The van der Waals surface area contributed by atoms with Crippen LogP contribution in [0.25, 0.3) is 0 Å². The third kappa shape index (κ3) is 5.25. The summed E-state index contributed by atoms with van der Waals surface area (Å²) in [5, 5.41) is 8.58. The summed E-state index contributed by atoms with van der Waals surface area (Å²) in [4.78, 5) is 35.8. The van der Waals surface area contributed by atoms with E-state index in [1.807, 2.05) is 36.4 Å². The van der Waals surface area contributed by atoms with Gasteiger partial charge < -0.3 is 10.0 Å². The zero-order valence-corrected chi connectivity index (χ0v) is 12.2. The molecule has 0 aliphatic carbocycles. The molecule has 21 heavy (non-hydrogen) atoms. The summed E-state index contributed by atoms with van der Waals surface area (Å²) >= 11 is 0. The summed E-state index contributed by atoms with van der Waals surface area (Å²) in [5.41, 5.74) is 0. The van der Waals surface area contributed by atoms with Crippen LogP contribution in [0.1, 0.15) is 20.3 Å². The average Bonchev–Trinajstić information content (AvgIpc) is 2.44. The molecule has 0 unspecified atom stereocenters. The highest BCUT2D eigenvalue weighted by molar-refractivity contribution is 5.98. The Morgan fingerprint density at radius 2 is 1.62 bits per heavy atom. The van der Waals surface area contributed by atoms with Gasteiger partial charge in [0.2, 0.25) is 5.91 Å². The van der Waals surface area contributed by atoms with E-state index in [9.17, 15) is 14.4 Å². The van der Waals surface area contributed by atoms with Gasteiger partial charge in [0, 0.05) is 19.0 Å². The van der Waals surface area contributed by atoms with Gasteiger partial charge in [-0.15, -0.1) is 0 Å². The number of carbonyl (C=O) groups is 3. The molecule has 1 saturated heterocycles. The van der Waals surface area contributed by atoms with E-state index in [1.54, 1.807) is 13.8 Å². The molecule has 0 saturated carbocycles. The van der Waals surface area contributed by atoms with Crippen molar-refractivity contribution in [1.29, 1.82) is 0 Å². The summed E-state index contributed by atoms with van der Waals surface area (Å²) in [7, 11) is 0. The minimum Gasteiger partial charge on any atom is -0.480 e. The van der Waals surface area contributed by atoms with Crippen LogP contribution in [0.5, 0.6) is 0 Å². The van der Waals surface area contributed by atoms with Crippen LogP contribution in [0.15, 0.2) is 36.4 Å². The van der Waals surface area contributed by atoms with Crippen LogP contribution in [-0.4, -0.2) is 51.9 Å². The Kier molecular flexibility index (Phi) is 6.39. The lowest BCUT2D eigenvalue weighted by Crippen LogP contribution is -2.55. The third-order valence-electron chi connectivity index (χ3n) is 2.85. The van der Waals surface area contributed by atoms with Gasteiger partial charge in [0.05, 0.1) is 0 Å². The number of carboxylic acid groups (broad SMARTS) is 1. The molecule has 0 atom stereocenters. The van der Waals surface area contributed by atoms with Crippen LogP contribution in [0, 0.1) is 0 Å². The van der Waals surface area contributed by atoms with E-state index in [-0.39, 0.29) is 31.5 Å². The molecule has 0 aromatic heterocycles. The predicted octanol–water partition coefficient (Wildman–Crippen LogP) is 1.82. The van der Waals surface area contributed by atoms with Crippen molar-refractivity contribution in [3.63, 3.8) is 0 Å². The summed E-state index contributed by atoms with van der Waals surface area (Å²) < 4.78 is 0. The molecule has 1 fully saturated rings. The van der Waals surface area contributed by atoms with Crippen molar-refractivity contribution in [2.75, 3.05) is 13.1 Å². The smallest absolute Gasteiger partial charge is 0.327 e. The molecule has 1 heterocycles. The molecule has 1 aliphatic heterocycles. The normalized spacial score (nSPS) is 14.8. The number of aliphatic carboxylic acids is 1. The van der Waals surface area contributed by atoms with Crippen LogP contribution in [-0.2, 0) is 9.59 Å². The van der Waals surface area contributed by atoms with Gasteiger partial charge >= 0.3 is 12.0 Å². The first-order chi connectivity index (χ1) is 9.93. The Morgan fingerprint density at radius 3 is 2.00 bits per heavy atom. The Morgan fingerprint density at radius 1 is 1.14 bits per heavy atom. The molecule has 6 nitrogen and oxygen atoms in total. The van der Waals surface area contributed by atoms with Crippen molar-refractivity contribution < 1.29 is 19.5 Å². The van der Waals surface area contributed by atoms with Gasteiger partial charge in [0.1, 0.15) is 6.54 Å². The Balaban J connectivity index is 0.000000304. The van der Waals surface area contributed by atoms with E-state index < -0.39 is 12.0 Å². The van der Waals surface area contributed by atoms with Crippen molar-refractivity contribution in [3.05, 3.63) is 36.4 Å². The van der Waals surface area contributed by atoms with Crippen molar-refractivity contribution in [1.82, 2.24) is 9.80 Å². The Labute approximate surface area is 124 Å². The Hall–Kier alpha value is -2.37. The zero-order valence-electron chi connectivity index (χ0n) is 12.2. The molecule has 1 aliphatic rings. The SMILES string of the molecule is CC(C)N1C(=O)CCN(CC(=O)O)C1=O.c1ccccc1. The van der Waals surface area contributed by atoms with Gasteiger partial charge in [-0.05, 0) is 13.8 Å². The second-order valence-electron chi connectivity index (χ2n) is 4.86. The molecule has 3 amide bonds. The Bertz CT molecular complexity index is 461. The molecule has 1 aromatic carbocycles. The molecular weight excluding hydrogens is 272 g/mol. The number of hydrogen-bond acceptors (Lipinski definition) is 3.